The Kier molecular flexibility index (Phi) is 5.44. The fraction of sp³-hybridized carbons (Fsp3) is 1.00. The van der Waals surface area contributed by atoms with Gasteiger partial charge in [-0.1, -0.05) is 6.92 Å². The van der Waals surface area contributed by atoms with Crippen molar-refractivity contribution >= 4 is 10.0 Å². The van der Waals surface area contributed by atoms with Crippen molar-refractivity contribution in [3.8, 4) is 0 Å². The van der Waals surface area contributed by atoms with Gasteiger partial charge in [0.1, 0.15) is 0 Å². The Labute approximate surface area is 99.1 Å². The average molecular weight is 303 g/mol. The Balaban J connectivity index is 4.56. The van der Waals surface area contributed by atoms with Gasteiger partial charge >= 0.3 is 12.4 Å². The normalized spacial score (nSPS) is 16.1. The molecule has 1 unspecified atom stereocenters. The number of halogens is 6. The monoisotopic (exact) mass is 303 g/mol. The Morgan fingerprint density at radius 3 is 1.78 bits per heavy atom. The predicted molar refractivity (Wildman–Crippen MR) is 49.0 cm³/mol. The van der Waals surface area contributed by atoms with E-state index in [9.17, 15) is 34.8 Å². The van der Waals surface area contributed by atoms with Crippen molar-refractivity contribution in [3.05, 3.63) is 0 Å². The summed E-state index contributed by atoms with van der Waals surface area (Å²) in [7, 11) is -3.98. The van der Waals surface area contributed by atoms with Crippen LogP contribution in [0.5, 0.6) is 0 Å². The number of sulfonamides is 1. The summed E-state index contributed by atoms with van der Waals surface area (Å²) in [4.78, 5) is 0. The molecule has 0 aliphatic rings. The van der Waals surface area contributed by atoms with Crippen molar-refractivity contribution in [3.63, 3.8) is 0 Å². The van der Waals surface area contributed by atoms with Gasteiger partial charge in [-0.2, -0.15) is 26.3 Å². The van der Waals surface area contributed by atoms with Gasteiger partial charge in [-0.25, -0.2) is 13.6 Å². The van der Waals surface area contributed by atoms with Crippen molar-refractivity contribution in [1.82, 2.24) is 0 Å². The number of hydrogen-bond acceptors (Lipinski definition) is 3. The highest BCUT2D eigenvalue weighted by atomic mass is 32.2. The maximum atomic E-state index is 12.0. The molecule has 0 aromatic carbocycles. The number of alkyl halides is 6. The van der Waals surface area contributed by atoms with Crippen molar-refractivity contribution in [1.29, 1.82) is 0 Å². The zero-order valence-electron chi connectivity index (χ0n) is 9.05. The summed E-state index contributed by atoms with van der Waals surface area (Å²) >= 11 is 0. The van der Waals surface area contributed by atoms with E-state index in [1.54, 1.807) is 0 Å². The van der Waals surface area contributed by atoms with Gasteiger partial charge in [0.15, 0.2) is 0 Å². The van der Waals surface area contributed by atoms with Gasteiger partial charge in [-0.05, 0) is 5.92 Å². The second-order valence-corrected chi connectivity index (χ2v) is 5.39. The Morgan fingerprint density at radius 1 is 1.11 bits per heavy atom. The molecule has 18 heavy (non-hydrogen) atoms. The molecule has 0 aliphatic heterocycles. The first-order valence-corrected chi connectivity index (χ1v) is 6.20. The number of ether oxygens (including phenoxy) is 1. The molecule has 1 atom stereocenters. The van der Waals surface area contributed by atoms with Gasteiger partial charge < -0.3 is 4.74 Å². The molecule has 0 heterocycles. The average Bonchev–Trinajstić information content (AvgIpc) is 1.93. The molecule has 4 nitrogen and oxygen atoms in total. The Bertz CT molecular complexity index is 348. The molecule has 0 bridgehead atoms. The lowest BCUT2D eigenvalue weighted by atomic mass is 10.2. The van der Waals surface area contributed by atoms with Gasteiger partial charge in [-0.3, -0.25) is 0 Å². The summed E-state index contributed by atoms with van der Waals surface area (Å²) in [5, 5.41) is 4.59. The third kappa shape index (κ3) is 7.01. The summed E-state index contributed by atoms with van der Waals surface area (Å²) in [5.41, 5.74) is 0. The maximum Gasteiger partial charge on any atom is 0.423 e. The van der Waals surface area contributed by atoms with Gasteiger partial charge in [0.2, 0.25) is 16.1 Å². The molecule has 0 amide bonds. The van der Waals surface area contributed by atoms with Crippen LogP contribution < -0.4 is 5.14 Å². The van der Waals surface area contributed by atoms with E-state index < -0.39 is 46.8 Å². The molecule has 0 fully saturated rings. The topological polar surface area (TPSA) is 69.4 Å². The number of nitrogens with two attached hydrogens (primary N) is 1. The first-order valence-electron chi connectivity index (χ1n) is 4.49. The van der Waals surface area contributed by atoms with Crippen molar-refractivity contribution in [2.24, 2.45) is 11.1 Å². The largest absolute Gasteiger partial charge is 0.423 e. The minimum atomic E-state index is -5.61. The third-order valence-electron chi connectivity index (χ3n) is 1.66. The highest BCUT2D eigenvalue weighted by molar-refractivity contribution is 7.89. The van der Waals surface area contributed by atoms with E-state index in [-0.39, 0.29) is 0 Å². The predicted octanol–water partition coefficient (Wildman–Crippen LogP) is 1.42. The van der Waals surface area contributed by atoms with Crippen LogP contribution in [0.1, 0.15) is 6.92 Å². The minimum Gasteiger partial charge on any atom is -0.361 e. The Morgan fingerprint density at radius 2 is 1.50 bits per heavy atom. The Hall–Kier alpha value is -0.550. The van der Waals surface area contributed by atoms with E-state index in [0.29, 0.717) is 0 Å². The van der Waals surface area contributed by atoms with Gasteiger partial charge in [0.05, 0.1) is 12.4 Å². The zero-order valence-corrected chi connectivity index (χ0v) is 9.86. The van der Waals surface area contributed by atoms with Crippen molar-refractivity contribution < 1.29 is 39.5 Å². The molecule has 11 heteroatoms. The van der Waals surface area contributed by atoms with Crippen LogP contribution >= 0.6 is 0 Å². The number of primary sulfonamides is 1. The van der Waals surface area contributed by atoms with Crippen LogP contribution in [0.15, 0.2) is 0 Å². The van der Waals surface area contributed by atoms with Gasteiger partial charge in [0.25, 0.3) is 0 Å². The van der Waals surface area contributed by atoms with Crippen molar-refractivity contribution in [2.45, 2.75) is 25.4 Å². The van der Waals surface area contributed by atoms with Gasteiger partial charge in [-0.15, -0.1) is 0 Å². The molecule has 0 aromatic heterocycles. The molecule has 0 rings (SSSR count). The van der Waals surface area contributed by atoms with E-state index in [1.807, 2.05) is 0 Å². The molecule has 110 valence electrons. The molecular formula is C7H11F6NO3S. The van der Waals surface area contributed by atoms with Crippen LogP contribution in [0, 0.1) is 5.92 Å². The number of rotatable bonds is 5. The van der Waals surface area contributed by atoms with Crippen LogP contribution in [-0.2, 0) is 14.8 Å². The van der Waals surface area contributed by atoms with E-state index in [1.165, 1.54) is 0 Å². The fourth-order valence-electron chi connectivity index (χ4n) is 1.08. The van der Waals surface area contributed by atoms with Crippen LogP contribution in [0.4, 0.5) is 26.3 Å². The van der Waals surface area contributed by atoms with E-state index in [2.05, 4.69) is 9.88 Å². The lowest BCUT2D eigenvalue weighted by Gasteiger charge is -2.24. The highest BCUT2D eigenvalue weighted by Gasteiger charge is 2.58. The molecular weight excluding hydrogens is 292 g/mol. The van der Waals surface area contributed by atoms with Crippen LogP contribution in [0.25, 0.3) is 0 Å². The van der Waals surface area contributed by atoms with Gasteiger partial charge in [0, 0.05) is 0 Å². The van der Waals surface area contributed by atoms with E-state index in [4.69, 9.17) is 0 Å². The zero-order chi connectivity index (χ0) is 14.8. The summed E-state index contributed by atoms with van der Waals surface area (Å²) in [5.74, 6) is -1.86. The second kappa shape index (κ2) is 5.61. The van der Waals surface area contributed by atoms with Crippen molar-refractivity contribution in [2.75, 3.05) is 12.4 Å². The standard InChI is InChI=1S/C7H11F6NO3S/c1-4(3-18(14,15)16)2-17-5(6(8,9)10)7(11,12)13/h4-5H,2-3H2,1H3,(H2,14,15,16). The summed E-state index contributed by atoms with van der Waals surface area (Å²) in [6.07, 6.45) is -15.2. The quantitative estimate of drug-likeness (QED) is 0.781. The lowest BCUT2D eigenvalue weighted by Crippen LogP contribution is -2.45. The summed E-state index contributed by atoms with van der Waals surface area (Å²) in [6.45, 7) is 0.0777. The van der Waals surface area contributed by atoms with Crippen LogP contribution in [-0.4, -0.2) is 39.2 Å². The smallest absolute Gasteiger partial charge is 0.361 e. The molecule has 0 saturated heterocycles. The molecule has 0 radical (unpaired) electrons. The lowest BCUT2D eigenvalue weighted by molar-refractivity contribution is -0.323. The first kappa shape index (κ1) is 17.4. The van der Waals surface area contributed by atoms with E-state index >= 15 is 0 Å². The molecule has 0 saturated carbocycles. The first-order chi connectivity index (χ1) is 7.73. The second-order valence-electron chi connectivity index (χ2n) is 3.73. The SMILES string of the molecule is CC(COC(C(F)(F)F)C(F)(F)F)CS(N)(=O)=O. The third-order valence-corrected chi connectivity index (χ3v) is 2.69. The van der Waals surface area contributed by atoms with Crippen LogP contribution in [0.2, 0.25) is 0 Å². The summed E-state index contributed by atoms with van der Waals surface area (Å²) in [6, 6.07) is 0. The maximum absolute atomic E-state index is 12.0. The number of hydrogen-bond donors (Lipinski definition) is 1. The molecule has 0 aromatic rings. The highest BCUT2D eigenvalue weighted by Crippen LogP contribution is 2.35. The minimum absolute atomic E-state index is 0.768. The fourth-order valence-corrected chi connectivity index (χ4v) is 1.97. The summed E-state index contributed by atoms with van der Waals surface area (Å²) < 4.78 is 96.9. The molecule has 0 spiro atoms. The van der Waals surface area contributed by atoms with Crippen LogP contribution in [0.3, 0.4) is 0 Å². The molecule has 0 aliphatic carbocycles. The van der Waals surface area contributed by atoms with E-state index in [0.717, 1.165) is 6.92 Å². The molecule has 2 N–H and O–H groups in total.